The zero-order chi connectivity index (χ0) is 23.3. The van der Waals surface area contributed by atoms with E-state index in [1.54, 1.807) is 6.07 Å². The lowest BCUT2D eigenvalue weighted by Crippen LogP contribution is -2.17. The lowest BCUT2D eigenvalue weighted by atomic mass is 9.95. The Labute approximate surface area is 187 Å². The fourth-order valence-corrected chi connectivity index (χ4v) is 5.01. The molecule has 0 atom stereocenters. The van der Waals surface area contributed by atoms with E-state index in [0.717, 1.165) is 56.3 Å². The number of halogens is 3. The highest BCUT2D eigenvalue weighted by molar-refractivity contribution is 6.02. The van der Waals surface area contributed by atoms with Gasteiger partial charge in [-0.15, -0.1) is 13.2 Å². The van der Waals surface area contributed by atoms with E-state index >= 15 is 0 Å². The average Bonchev–Trinajstić information content (AvgIpc) is 2.97. The molecule has 1 aliphatic rings. The quantitative estimate of drug-likeness (QED) is 0.490. The lowest BCUT2D eigenvalue weighted by molar-refractivity contribution is -0.274. The van der Waals surface area contributed by atoms with Gasteiger partial charge in [0.15, 0.2) is 0 Å². The van der Waals surface area contributed by atoms with Crippen LogP contribution in [0, 0.1) is 6.92 Å². The number of rotatable bonds is 7. The molecule has 4 nitrogen and oxygen atoms in total. The Morgan fingerprint density at radius 2 is 1.81 bits per heavy atom. The molecule has 1 heterocycles. The number of benzene rings is 1. The Morgan fingerprint density at radius 3 is 2.41 bits per heavy atom. The van der Waals surface area contributed by atoms with Crippen LogP contribution in [0.3, 0.4) is 0 Å². The van der Waals surface area contributed by atoms with Crippen molar-refractivity contribution in [1.29, 1.82) is 0 Å². The maximum Gasteiger partial charge on any atom is 0.573 e. The standard InChI is InChI=1S/C25H33F3N2O2/c1-3-4-15-21-23(18-11-10-14-20(16-18)32-25(26,27)28)22(24(29)31)17(2)30(21)19-12-8-6-5-7-9-13-19/h10-11,14,16,19H,3-9,12-13,15H2,1-2H3,(H2,29,31). The van der Waals surface area contributed by atoms with E-state index in [1.165, 1.54) is 37.5 Å². The topological polar surface area (TPSA) is 57.2 Å². The van der Waals surface area contributed by atoms with Gasteiger partial charge in [-0.05, 0) is 50.3 Å². The van der Waals surface area contributed by atoms with Gasteiger partial charge in [0.05, 0.1) is 5.56 Å². The Balaban J connectivity index is 2.18. The third-order valence-corrected chi connectivity index (χ3v) is 6.36. The van der Waals surface area contributed by atoms with Crippen molar-refractivity contribution >= 4 is 5.91 Å². The molecule has 7 heteroatoms. The molecule has 0 unspecified atom stereocenters. The predicted molar refractivity (Wildman–Crippen MR) is 120 cm³/mol. The van der Waals surface area contributed by atoms with Crippen molar-refractivity contribution in [3.8, 4) is 16.9 Å². The normalized spacial score (nSPS) is 15.9. The molecule has 2 N–H and O–H groups in total. The molecule has 0 spiro atoms. The van der Waals surface area contributed by atoms with Gasteiger partial charge in [0.2, 0.25) is 0 Å². The van der Waals surface area contributed by atoms with Crippen LogP contribution in [-0.4, -0.2) is 16.8 Å². The highest BCUT2D eigenvalue weighted by Gasteiger charge is 2.32. The average molecular weight is 451 g/mol. The fourth-order valence-electron chi connectivity index (χ4n) is 5.01. The molecule has 1 aliphatic carbocycles. The number of primary amides is 1. The Hall–Kier alpha value is -2.44. The van der Waals surface area contributed by atoms with E-state index in [9.17, 15) is 18.0 Å². The van der Waals surface area contributed by atoms with E-state index < -0.39 is 12.3 Å². The smallest absolute Gasteiger partial charge is 0.406 e. The number of aromatic nitrogens is 1. The summed E-state index contributed by atoms with van der Waals surface area (Å²) in [5.41, 5.74) is 9.21. The molecule has 0 radical (unpaired) electrons. The second-order valence-electron chi connectivity index (χ2n) is 8.69. The van der Waals surface area contributed by atoms with Gasteiger partial charge >= 0.3 is 6.36 Å². The minimum atomic E-state index is -4.78. The summed E-state index contributed by atoms with van der Waals surface area (Å²) < 4.78 is 44.9. The molecule has 2 aromatic rings. The van der Waals surface area contributed by atoms with Crippen LogP contribution in [-0.2, 0) is 6.42 Å². The summed E-state index contributed by atoms with van der Waals surface area (Å²) in [6, 6.07) is 6.14. The predicted octanol–water partition coefficient (Wildman–Crippen LogP) is 7.09. The highest BCUT2D eigenvalue weighted by atomic mass is 19.4. The zero-order valence-electron chi connectivity index (χ0n) is 18.9. The Bertz CT molecular complexity index is 926. The number of carbonyl (C=O) groups excluding carboxylic acids is 1. The number of nitrogens with zero attached hydrogens (tertiary/aromatic N) is 1. The summed E-state index contributed by atoms with van der Waals surface area (Å²) in [6.07, 6.45) is 5.82. The number of alkyl halides is 3. The molecule has 1 amide bonds. The van der Waals surface area contributed by atoms with E-state index in [2.05, 4.69) is 16.2 Å². The first-order valence-corrected chi connectivity index (χ1v) is 11.6. The van der Waals surface area contributed by atoms with Crippen molar-refractivity contribution < 1.29 is 22.7 Å². The molecule has 1 fully saturated rings. The molecule has 3 rings (SSSR count). The van der Waals surface area contributed by atoms with Crippen LogP contribution in [0.25, 0.3) is 11.1 Å². The summed E-state index contributed by atoms with van der Waals surface area (Å²) in [5.74, 6) is -0.856. The first kappa shape index (κ1) is 24.2. The molecule has 176 valence electrons. The second-order valence-corrected chi connectivity index (χ2v) is 8.69. The van der Waals surface area contributed by atoms with Crippen LogP contribution in [0.15, 0.2) is 24.3 Å². The van der Waals surface area contributed by atoms with E-state index in [4.69, 9.17) is 5.73 Å². The van der Waals surface area contributed by atoms with E-state index in [-0.39, 0.29) is 11.8 Å². The number of nitrogens with two attached hydrogens (primary N) is 1. The number of amides is 1. The molecule has 1 aromatic carbocycles. The van der Waals surface area contributed by atoms with Crippen LogP contribution < -0.4 is 10.5 Å². The Kier molecular flexibility index (Phi) is 7.91. The van der Waals surface area contributed by atoms with Crippen molar-refractivity contribution in [2.45, 2.75) is 90.5 Å². The van der Waals surface area contributed by atoms with Crippen molar-refractivity contribution in [3.63, 3.8) is 0 Å². The van der Waals surface area contributed by atoms with E-state index in [1.807, 2.05) is 6.92 Å². The molecular weight excluding hydrogens is 417 g/mol. The molecule has 0 bridgehead atoms. The largest absolute Gasteiger partial charge is 0.573 e. The van der Waals surface area contributed by atoms with Crippen molar-refractivity contribution in [1.82, 2.24) is 4.57 Å². The van der Waals surface area contributed by atoms with Crippen LogP contribution in [0.1, 0.15) is 92.5 Å². The van der Waals surface area contributed by atoms with E-state index in [0.29, 0.717) is 16.7 Å². The molecule has 1 saturated carbocycles. The molecule has 32 heavy (non-hydrogen) atoms. The van der Waals surface area contributed by atoms with Gasteiger partial charge < -0.3 is 15.0 Å². The van der Waals surface area contributed by atoms with Gasteiger partial charge in [-0.3, -0.25) is 4.79 Å². The van der Waals surface area contributed by atoms with Crippen LogP contribution in [0.2, 0.25) is 0 Å². The number of ether oxygens (including phenoxy) is 1. The second kappa shape index (κ2) is 10.5. The summed E-state index contributed by atoms with van der Waals surface area (Å²) in [7, 11) is 0. The van der Waals surface area contributed by atoms with Crippen molar-refractivity contribution in [2.24, 2.45) is 5.73 Å². The highest BCUT2D eigenvalue weighted by Crippen LogP contribution is 2.40. The summed E-state index contributed by atoms with van der Waals surface area (Å²) in [4.78, 5) is 12.6. The molecule has 0 saturated heterocycles. The van der Waals surface area contributed by atoms with Gasteiger partial charge in [0, 0.05) is 23.0 Å². The SMILES string of the molecule is CCCCc1c(-c2cccc(OC(F)(F)F)c2)c(C(N)=O)c(C)n1C1CCCCCCC1. The number of carbonyl (C=O) groups is 1. The molecule has 1 aromatic heterocycles. The zero-order valence-corrected chi connectivity index (χ0v) is 18.9. The van der Waals surface area contributed by atoms with Crippen molar-refractivity contribution in [2.75, 3.05) is 0 Å². The summed E-state index contributed by atoms with van der Waals surface area (Å²) >= 11 is 0. The third kappa shape index (κ3) is 5.67. The maximum atomic E-state index is 12.8. The third-order valence-electron chi connectivity index (χ3n) is 6.36. The lowest BCUT2D eigenvalue weighted by Gasteiger charge is -2.26. The summed E-state index contributed by atoms with van der Waals surface area (Å²) in [5, 5.41) is 0. The first-order chi connectivity index (χ1) is 15.2. The molecular formula is C25H33F3N2O2. The van der Waals surface area contributed by atoms with Crippen molar-refractivity contribution in [3.05, 3.63) is 41.2 Å². The minimum Gasteiger partial charge on any atom is -0.406 e. The van der Waals surface area contributed by atoms with Crippen LogP contribution in [0.5, 0.6) is 5.75 Å². The maximum absolute atomic E-state index is 12.8. The summed E-state index contributed by atoms with van der Waals surface area (Å²) in [6.45, 7) is 4.01. The fraction of sp³-hybridized carbons (Fsp3) is 0.560. The number of hydrogen-bond acceptors (Lipinski definition) is 2. The van der Waals surface area contributed by atoms with Gasteiger partial charge in [0.1, 0.15) is 5.75 Å². The number of hydrogen-bond donors (Lipinski definition) is 1. The van der Waals surface area contributed by atoms with Gasteiger partial charge in [-0.25, -0.2) is 0 Å². The first-order valence-electron chi connectivity index (χ1n) is 11.6. The van der Waals surface area contributed by atoms with Crippen LogP contribution >= 0.6 is 0 Å². The monoisotopic (exact) mass is 450 g/mol. The van der Waals surface area contributed by atoms with Crippen LogP contribution in [0.4, 0.5) is 13.2 Å². The Morgan fingerprint density at radius 1 is 1.16 bits per heavy atom. The number of unbranched alkanes of at least 4 members (excludes halogenated alkanes) is 1. The van der Waals surface area contributed by atoms with Gasteiger partial charge in [-0.1, -0.05) is 57.6 Å². The van der Waals surface area contributed by atoms with Gasteiger partial charge in [0.25, 0.3) is 5.91 Å². The molecule has 0 aliphatic heterocycles. The van der Waals surface area contributed by atoms with Gasteiger partial charge in [-0.2, -0.15) is 0 Å². The minimum absolute atomic E-state index is 0.267.